The van der Waals surface area contributed by atoms with E-state index < -0.39 is 0 Å². The van der Waals surface area contributed by atoms with Gasteiger partial charge in [-0.15, -0.1) is 0 Å². The Morgan fingerprint density at radius 2 is 2.00 bits per heavy atom. The van der Waals surface area contributed by atoms with Crippen molar-refractivity contribution in [2.24, 2.45) is 5.92 Å². The van der Waals surface area contributed by atoms with Crippen LogP contribution >= 0.6 is 0 Å². The summed E-state index contributed by atoms with van der Waals surface area (Å²) in [6.07, 6.45) is 5.36. The van der Waals surface area contributed by atoms with Gasteiger partial charge in [-0.2, -0.15) is 0 Å². The van der Waals surface area contributed by atoms with Crippen LogP contribution in [0, 0.1) is 5.92 Å². The molecule has 23 heavy (non-hydrogen) atoms. The first-order valence-electron chi connectivity index (χ1n) is 8.49. The number of benzene rings is 1. The molecule has 5 nitrogen and oxygen atoms in total. The first kappa shape index (κ1) is 16.0. The largest absolute Gasteiger partial charge is 0.376 e. The third-order valence-corrected chi connectivity index (χ3v) is 4.65. The number of amides is 2. The average Bonchev–Trinajstić information content (AvgIpc) is 3.02. The monoisotopic (exact) mass is 316 g/mol. The number of nitrogens with one attached hydrogen (secondary N) is 2. The van der Waals surface area contributed by atoms with Crippen LogP contribution < -0.4 is 10.6 Å². The van der Waals surface area contributed by atoms with E-state index >= 15 is 0 Å². The zero-order valence-corrected chi connectivity index (χ0v) is 13.3. The Morgan fingerprint density at radius 3 is 2.70 bits per heavy atom. The molecule has 2 N–H and O–H groups in total. The maximum Gasteiger partial charge on any atom is 0.251 e. The first-order valence-corrected chi connectivity index (χ1v) is 8.49. The summed E-state index contributed by atoms with van der Waals surface area (Å²) in [6.45, 7) is 1.82. The van der Waals surface area contributed by atoms with Gasteiger partial charge >= 0.3 is 0 Å². The maximum atomic E-state index is 12.2. The van der Waals surface area contributed by atoms with Gasteiger partial charge in [-0.1, -0.05) is 18.6 Å². The molecule has 5 heteroatoms. The summed E-state index contributed by atoms with van der Waals surface area (Å²) in [5, 5.41) is 5.87. The molecule has 2 fully saturated rings. The van der Waals surface area contributed by atoms with E-state index in [2.05, 4.69) is 10.6 Å². The van der Waals surface area contributed by atoms with Crippen molar-refractivity contribution in [3.63, 3.8) is 0 Å². The summed E-state index contributed by atoms with van der Waals surface area (Å²) in [6, 6.07) is 7.41. The highest BCUT2D eigenvalue weighted by molar-refractivity contribution is 5.94. The van der Waals surface area contributed by atoms with E-state index in [0.717, 1.165) is 44.3 Å². The molecule has 1 aromatic carbocycles. The summed E-state index contributed by atoms with van der Waals surface area (Å²) >= 11 is 0. The van der Waals surface area contributed by atoms with Crippen LogP contribution in [0.5, 0.6) is 0 Å². The fourth-order valence-corrected chi connectivity index (χ4v) is 2.94. The van der Waals surface area contributed by atoms with Gasteiger partial charge < -0.3 is 15.4 Å². The summed E-state index contributed by atoms with van der Waals surface area (Å²) in [7, 11) is 0. The normalized spacial score (nSPS) is 20.8. The molecular weight excluding hydrogens is 292 g/mol. The van der Waals surface area contributed by atoms with Crippen molar-refractivity contribution < 1.29 is 14.3 Å². The van der Waals surface area contributed by atoms with Gasteiger partial charge in [0, 0.05) is 31.2 Å². The van der Waals surface area contributed by atoms with E-state index in [1.165, 1.54) is 0 Å². The molecule has 1 saturated heterocycles. The van der Waals surface area contributed by atoms with Gasteiger partial charge in [0.1, 0.15) is 0 Å². The molecular formula is C18H24N2O3. The van der Waals surface area contributed by atoms with Crippen molar-refractivity contribution in [1.82, 2.24) is 10.6 Å². The van der Waals surface area contributed by atoms with Crippen LogP contribution in [0.25, 0.3) is 0 Å². The fourth-order valence-electron chi connectivity index (χ4n) is 2.94. The molecule has 1 atom stereocenters. The quantitative estimate of drug-likeness (QED) is 0.843. The van der Waals surface area contributed by atoms with Crippen molar-refractivity contribution in [3.8, 4) is 0 Å². The Morgan fingerprint density at radius 1 is 1.13 bits per heavy atom. The Bertz CT molecular complexity index is 563. The van der Waals surface area contributed by atoms with Crippen LogP contribution in [-0.4, -0.2) is 31.1 Å². The van der Waals surface area contributed by atoms with Crippen LogP contribution in [0.2, 0.25) is 0 Å². The van der Waals surface area contributed by atoms with Crippen LogP contribution in [0.3, 0.4) is 0 Å². The third-order valence-electron chi connectivity index (χ3n) is 4.65. The highest BCUT2D eigenvalue weighted by atomic mass is 16.5. The van der Waals surface area contributed by atoms with Crippen LogP contribution in [0.1, 0.15) is 48.0 Å². The summed E-state index contributed by atoms with van der Waals surface area (Å²) in [5.74, 6) is 0.227. The highest BCUT2D eigenvalue weighted by Crippen LogP contribution is 2.26. The van der Waals surface area contributed by atoms with Gasteiger partial charge in [0.2, 0.25) is 5.91 Å². The summed E-state index contributed by atoms with van der Waals surface area (Å²) < 4.78 is 5.50. The highest BCUT2D eigenvalue weighted by Gasteiger charge is 2.24. The van der Waals surface area contributed by atoms with E-state index in [-0.39, 0.29) is 23.8 Å². The summed E-state index contributed by atoms with van der Waals surface area (Å²) in [4.78, 5) is 24.1. The van der Waals surface area contributed by atoms with Crippen molar-refractivity contribution in [2.45, 2.75) is 44.8 Å². The second-order valence-corrected chi connectivity index (χ2v) is 6.39. The Labute approximate surface area is 136 Å². The minimum Gasteiger partial charge on any atom is -0.376 e. The maximum absolute atomic E-state index is 12.2. The van der Waals surface area contributed by atoms with Crippen LogP contribution in [0.15, 0.2) is 24.3 Å². The van der Waals surface area contributed by atoms with Crippen LogP contribution in [0.4, 0.5) is 0 Å². The molecule has 1 saturated carbocycles. The first-order chi connectivity index (χ1) is 11.2. The molecule has 1 aliphatic heterocycles. The Hall–Kier alpha value is -1.88. The molecule has 1 aromatic rings. The van der Waals surface area contributed by atoms with Gasteiger partial charge in [-0.25, -0.2) is 0 Å². The fraction of sp³-hybridized carbons (Fsp3) is 0.556. The number of rotatable bonds is 6. The lowest BCUT2D eigenvalue weighted by molar-refractivity contribution is -0.127. The second kappa shape index (κ2) is 7.59. The SMILES string of the molecule is O=C(NC[C@H]1CCCO1)c1cccc(CNC(=O)C2CCC2)c1. The van der Waals surface area contributed by atoms with E-state index in [9.17, 15) is 9.59 Å². The van der Waals surface area contributed by atoms with Gasteiger partial charge in [0.25, 0.3) is 5.91 Å². The van der Waals surface area contributed by atoms with E-state index in [4.69, 9.17) is 4.74 Å². The smallest absolute Gasteiger partial charge is 0.251 e. The lowest BCUT2D eigenvalue weighted by atomic mass is 9.85. The Kier molecular flexibility index (Phi) is 5.28. The molecule has 0 spiro atoms. The van der Waals surface area contributed by atoms with Gasteiger partial charge in [-0.3, -0.25) is 9.59 Å². The molecule has 1 aliphatic carbocycles. The second-order valence-electron chi connectivity index (χ2n) is 6.39. The third kappa shape index (κ3) is 4.32. The number of carbonyl (C=O) groups is 2. The zero-order valence-electron chi connectivity index (χ0n) is 13.3. The van der Waals surface area contributed by atoms with E-state index in [1.807, 2.05) is 18.2 Å². The van der Waals surface area contributed by atoms with Crippen LogP contribution in [-0.2, 0) is 16.1 Å². The lowest BCUT2D eigenvalue weighted by Crippen LogP contribution is -2.34. The molecule has 3 rings (SSSR count). The summed E-state index contributed by atoms with van der Waals surface area (Å²) in [5.41, 5.74) is 1.57. The van der Waals surface area contributed by atoms with Gasteiger partial charge in [-0.05, 0) is 43.4 Å². The molecule has 0 unspecified atom stereocenters. The minimum absolute atomic E-state index is 0.0901. The van der Waals surface area contributed by atoms with Crippen molar-refractivity contribution in [1.29, 1.82) is 0 Å². The number of carbonyl (C=O) groups excluding carboxylic acids is 2. The molecule has 0 radical (unpaired) electrons. The van der Waals surface area contributed by atoms with Crippen molar-refractivity contribution >= 4 is 11.8 Å². The number of hydrogen-bond acceptors (Lipinski definition) is 3. The average molecular weight is 316 g/mol. The predicted octanol–water partition coefficient (Wildman–Crippen LogP) is 2.01. The van der Waals surface area contributed by atoms with E-state index in [0.29, 0.717) is 18.7 Å². The predicted molar refractivity (Wildman–Crippen MR) is 86.9 cm³/mol. The lowest BCUT2D eigenvalue weighted by Gasteiger charge is -2.24. The molecule has 2 amide bonds. The van der Waals surface area contributed by atoms with Gasteiger partial charge in [0.05, 0.1) is 6.10 Å². The molecule has 0 aromatic heterocycles. The van der Waals surface area contributed by atoms with Crippen molar-refractivity contribution in [3.05, 3.63) is 35.4 Å². The number of ether oxygens (including phenoxy) is 1. The van der Waals surface area contributed by atoms with Crippen molar-refractivity contribution in [2.75, 3.05) is 13.2 Å². The molecule has 1 heterocycles. The molecule has 2 aliphatic rings. The minimum atomic E-state index is -0.0901. The topological polar surface area (TPSA) is 67.4 Å². The Balaban J connectivity index is 1.49. The van der Waals surface area contributed by atoms with E-state index in [1.54, 1.807) is 6.07 Å². The number of hydrogen-bond donors (Lipinski definition) is 2. The zero-order chi connectivity index (χ0) is 16.1. The molecule has 0 bridgehead atoms. The molecule has 124 valence electrons. The standard InChI is InChI=1S/C18H24N2O3/c21-17(14-5-2-6-14)19-11-13-4-1-7-15(10-13)18(22)20-12-16-8-3-9-23-16/h1,4,7,10,14,16H,2-3,5-6,8-9,11-12H2,(H,19,21)(H,20,22)/t16-/m1/s1. The van der Waals surface area contributed by atoms with Gasteiger partial charge in [0.15, 0.2) is 0 Å².